The number of carbonyl (C=O) groups excluding carboxylic acids is 4. The van der Waals surface area contributed by atoms with E-state index in [9.17, 15) is 36.7 Å². The van der Waals surface area contributed by atoms with Crippen molar-refractivity contribution in [3.8, 4) is 5.75 Å². The van der Waals surface area contributed by atoms with Crippen molar-refractivity contribution in [1.82, 2.24) is 19.9 Å². The van der Waals surface area contributed by atoms with Crippen LogP contribution >= 0.6 is 0 Å². The molecule has 0 saturated heterocycles. The van der Waals surface area contributed by atoms with Gasteiger partial charge in [0.05, 0.1) is 180 Å². The molecule has 23 nitrogen and oxygen atoms in total. The number of benzene rings is 1. The number of hydroxylamine groups is 2. The lowest BCUT2D eigenvalue weighted by molar-refractivity contribution is -0.180. The highest BCUT2D eigenvalue weighted by molar-refractivity contribution is 6.07. The number of halogens is 4. The number of nitrogens with zero attached hydrogens (tertiary/aromatic N) is 5. The molecule has 1 aromatic carbocycles. The van der Waals surface area contributed by atoms with Crippen LogP contribution in [0.5, 0.6) is 5.75 Å². The molecular formula is C53H73F4N7O16. The smallest absolute Gasteiger partial charge is 0.313 e. The van der Waals surface area contributed by atoms with Gasteiger partial charge >= 0.3 is 5.97 Å². The van der Waals surface area contributed by atoms with E-state index in [2.05, 4.69) is 25.0 Å². The van der Waals surface area contributed by atoms with Gasteiger partial charge in [-0.05, 0) is 37.1 Å². The van der Waals surface area contributed by atoms with Crippen LogP contribution in [0.15, 0.2) is 47.4 Å². The molecule has 27 heteroatoms. The molecule has 0 unspecified atom stereocenters. The number of aliphatic imine (C=N–C) groups is 1. The largest absolute Gasteiger partial charge is 0.420 e. The van der Waals surface area contributed by atoms with Gasteiger partial charge in [0.15, 0.2) is 11.6 Å². The Morgan fingerprint density at radius 2 is 1.12 bits per heavy atom. The van der Waals surface area contributed by atoms with E-state index < -0.39 is 47.3 Å². The van der Waals surface area contributed by atoms with Crippen molar-refractivity contribution in [3.05, 3.63) is 82.5 Å². The van der Waals surface area contributed by atoms with Crippen LogP contribution in [-0.2, 0) is 73.1 Å². The SMILES string of the molecule is CCCN(OCC)C(=O)C1=Cc2ncc(C(=O)Nc3cncc(CN(C)C(=O)CCOCCOCCOCCOCCOCCOCCOCCOCCOCCOCCC(=O)Oc4c(F)c(F)cc(F)c4F)c3)cc2N=C(N)C1. The van der Waals surface area contributed by atoms with Crippen LogP contribution in [0.3, 0.4) is 0 Å². The summed E-state index contributed by atoms with van der Waals surface area (Å²) in [5.41, 5.74) is 8.62. The predicted molar refractivity (Wildman–Crippen MR) is 280 cm³/mol. The Hall–Kier alpha value is -6.11. The summed E-state index contributed by atoms with van der Waals surface area (Å²) in [6, 6.07) is 3.29. The van der Waals surface area contributed by atoms with Crippen LogP contribution in [0, 0.1) is 23.3 Å². The Morgan fingerprint density at radius 3 is 1.61 bits per heavy atom. The summed E-state index contributed by atoms with van der Waals surface area (Å²) in [4.78, 5) is 71.1. The van der Waals surface area contributed by atoms with E-state index in [-0.39, 0.29) is 81.7 Å². The maximum Gasteiger partial charge on any atom is 0.313 e. The Kier molecular flexibility index (Phi) is 32.6. The van der Waals surface area contributed by atoms with E-state index in [0.717, 1.165) is 0 Å². The number of esters is 1. The number of ether oxygens (including phenoxy) is 11. The van der Waals surface area contributed by atoms with Crippen molar-refractivity contribution in [2.75, 3.05) is 158 Å². The fourth-order valence-corrected chi connectivity index (χ4v) is 6.88. The minimum atomic E-state index is -1.80. The third-order valence-electron chi connectivity index (χ3n) is 10.8. The van der Waals surface area contributed by atoms with Crippen molar-refractivity contribution < 1.29 is 93.7 Å². The minimum absolute atomic E-state index is 0.0118. The molecule has 444 valence electrons. The number of hydrogen-bond donors (Lipinski definition) is 2. The molecule has 3 amide bonds. The molecule has 3 heterocycles. The van der Waals surface area contributed by atoms with Gasteiger partial charge in [-0.1, -0.05) is 6.92 Å². The van der Waals surface area contributed by atoms with E-state index in [1.807, 2.05) is 6.92 Å². The molecule has 0 aliphatic carbocycles. The van der Waals surface area contributed by atoms with Gasteiger partial charge in [0.2, 0.25) is 23.3 Å². The van der Waals surface area contributed by atoms with E-state index in [1.165, 1.54) is 17.5 Å². The first-order valence-corrected chi connectivity index (χ1v) is 26.1. The Bertz CT molecular complexity index is 2390. The second kappa shape index (κ2) is 39.3. The zero-order chi connectivity index (χ0) is 57.7. The summed E-state index contributed by atoms with van der Waals surface area (Å²) in [5, 5.41) is 4.12. The second-order valence-corrected chi connectivity index (χ2v) is 17.1. The summed E-state index contributed by atoms with van der Waals surface area (Å²) in [7, 11) is 1.67. The summed E-state index contributed by atoms with van der Waals surface area (Å²) < 4.78 is 112. The Balaban J connectivity index is 0.884. The molecule has 0 radical (unpaired) electrons. The quantitative estimate of drug-likeness (QED) is 0.0193. The number of amidine groups is 1. The Morgan fingerprint density at radius 1 is 0.637 bits per heavy atom. The molecule has 4 rings (SSSR count). The highest BCUT2D eigenvalue weighted by Gasteiger charge is 2.25. The van der Waals surface area contributed by atoms with Crippen molar-refractivity contribution in [3.63, 3.8) is 0 Å². The summed E-state index contributed by atoms with van der Waals surface area (Å²) in [5.74, 6) is -10.3. The average molecular weight is 1140 g/mol. The molecule has 0 fully saturated rings. The molecule has 0 saturated carbocycles. The van der Waals surface area contributed by atoms with Crippen molar-refractivity contribution in [2.45, 2.75) is 46.1 Å². The zero-order valence-electron chi connectivity index (χ0n) is 45.5. The van der Waals surface area contributed by atoms with Crippen molar-refractivity contribution in [1.29, 1.82) is 0 Å². The molecule has 2 aromatic heterocycles. The first-order chi connectivity index (χ1) is 38.8. The molecule has 3 N–H and O–H groups in total. The summed E-state index contributed by atoms with van der Waals surface area (Å²) in [6.07, 6.45) is 6.67. The first-order valence-electron chi connectivity index (χ1n) is 26.1. The maximum atomic E-state index is 13.6. The van der Waals surface area contributed by atoms with Crippen molar-refractivity contribution >= 4 is 47.0 Å². The predicted octanol–water partition coefficient (Wildman–Crippen LogP) is 4.76. The standard InChI is InChI=1S/C53H73F4N7O16/c1-4-8-64(79-5-2)53(68)39-30-44-45(62-46(58)32-39)31-40(35-60-44)52(67)61-41-29-38(34-59-36-41)37-63(3)47(65)6-9-69-11-13-71-15-17-73-19-21-75-23-25-77-27-28-78-26-24-76-22-20-74-18-16-72-14-12-70-10-7-48(66)80-51-49(56)42(54)33-43(55)50(51)57/h29-31,33-36H,4-28,32,37H2,1-3H3,(H2,58,62)(H,61,67). The van der Waals surface area contributed by atoms with Gasteiger partial charge in [-0.2, -0.15) is 8.78 Å². The fourth-order valence-electron chi connectivity index (χ4n) is 6.88. The van der Waals surface area contributed by atoms with E-state index in [0.29, 0.717) is 147 Å². The summed E-state index contributed by atoms with van der Waals surface area (Å²) >= 11 is 0. The van der Waals surface area contributed by atoms with Crippen LogP contribution in [0.1, 0.15) is 61.1 Å². The normalized spacial score (nSPS) is 12.1. The molecular weight excluding hydrogens is 1070 g/mol. The van der Waals surface area contributed by atoms with Crippen LogP contribution in [0.25, 0.3) is 6.08 Å². The number of fused-ring (bicyclic) bond motifs is 1. The van der Waals surface area contributed by atoms with Crippen molar-refractivity contribution in [2.24, 2.45) is 10.7 Å². The average Bonchev–Trinajstić information content (AvgIpc) is 3.61. The number of nitrogens with two attached hydrogens (primary N) is 1. The number of rotatable bonds is 43. The lowest BCUT2D eigenvalue weighted by Crippen LogP contribution is -2.34. The van der Waals surface area contributed by atoms with Gasteiger partial charge in [-0.15, -0.1) is 0 Å². The van der Waals surface area contributed by atoms with E-state index in [4.69, 9.17) is 57.9 Å². The van der Waals surface area contributed by atoms with Gasteiger partial charge < -0.3 is 68.1 Å². The van der Waals surface area contributed by atoms with Crippen LogP contribution < -0.4 is 15.8 Å². The third-order valence-corrected chi connectivity index (χ3v) is 10.8. The number of anilines is 1. The topological polar surface area (TPSA) is 262 Å². The lowest BCUT2D eigenvalue weighted by atomic mass is 10.1. The van der Waals surface area contributed by atoms with Crippen LogP contribution in [0.2, 0.25) is 0 Å². The van der Waals surface area contributed by atoms with Gasteiger partial charge in [-0.25, -0.2) is 18.8 Å². The maximum absolute atomic E-state index is 13.6. The number of hydrogen-bond acceptors (Lipinski definition) is 20. The third kappa shape index (κ3) is 26.0. The highest BCUT2D eigenvalue weighted by Crippen LogP contribution is 2.28. The molecule has 80 heavy (non-hydrogen) atoms. The molecule has 0 atom stereocenters. The first kappa shape index (κ1) is 66.4. The summed E-state index contributed by atoms with van der Waals surface area (Å²) in [6.45, 7) is 11.0. The second-order valence-electron chi connectivity index (χ2n) is 17.1. The number of aromatic nitrogens is 2. The number of carbonyl (C=O) groups is 4. The minimum Gasteiger partial charge on any atom is -0.420 e. The zero-order valence-corrected chi connectivity index (χ0v) is 45.5. The lowest BCUT2D eigenvalue weighted by Gasteiger charge is -2.21. The Labute approximate surface area is 462 Å². The van der Waals surface area contributed by atoms with Gasteiger partial charge in [0.1, 0.15) is 5.84 Å². The monoisotopic (exact) mass is 1140 g/mol. The van der Waals surface area contributed by atoms with Gasteiger partial charge in [-0.3, -0.25) is 34.0 Å². The molecule has 0 spiro atoms. The van der Waals surface area contributed by atoms with Crippen LogP contribution in [-0.4, -0.2) is 202 Å². The van der Waals surface area contributed by atoms with Gasteiger partial charge in [0.25, 0.3) is 11.8 Å². The highest BCUT2D eigenvalue weighted by atomic mass is 19.2. The molecule has 3 aromatic rings. The van der Waals surface area contributed by atoms with Gasteiger partial charge in [0, 0.05) is 50.6 Å². The molecule has 1 aliphatic heterocycles. The molecule has 1 aliphatic rings. The fraction of sp³-hybridized carbons (Fsp3) is 0.566. The van der Waals surface area contributed by atoms with E-state index >= 15 is 0 Å². The van der Waals surface area contributed by atoms with Crippen LogP contribution in [0.4, 0.5) is 28.9 Å². The number of nitrogens with one attached hydrogen (secondary N) is 1. The number of amides is 3. The molecule has 0 bridgehead atoms. The number of pyridine rings is 2. The van der Waals surface area contributed by atoms with E-state index in [1.54, 1.807) is 43.3 Å².